The first kappa shape index (κ1) is 21.3. The van der Waals surface area contributed by atoms with Crippen molar-refractivity contribution < 1.29 is 13.2 Å². The van der Waals surface area contributed by atoms with Crippen molar-refractivity contribution in [1.82, 2.24) is 14.1 Å². The quantitative estimate of drug-likeness (QED) is 0.769. The lowest BCUT2D eigenvalue weighted by Crippen LogP contribution is -2.54. The van der Waals surface area contributed by atoms with Gasteiger partial charge in [-0.1, -0.05) is 12.1 Å². The van der Waals surface area contributed by atoms with E-state index in [-0.39, 0.29) is 5.91 Å². The molecule has 28 heavy (non-hydrogen) atoms. The van der Waals surface area contributed by atoms with Gasteiger partial charge >= 0.3 is 0 Å². The third-order valence-electron chi connectivity index (χ3n) is 6.13. The fourth-order valence-corrected chi connectivity index (χ4v) is 6.17. The molecule has 0 N–H and O–H groups in total. The highest BCUT2D eigenvalue weighted by atomic mass is 32.2. The number of amides is 1. The van der Waals surface area contributed by atoms with Crippen LogP contribution < -0.4 is 0 Å². The van der Waals surface area contributed by atoms with Crippen LogP contribution in [-0.4, -0.2) is 73.2 Å². The van der Waals surface area contributed by atoms with Crippen molar-refractivity contribution in [3.63, 3.8) is 0 Å². The van der Waals surface area contributed by atoms with E-state index in [2.05, 4.69) is 18.7 Å². The van der Waals surface area contributed by atoms with E-state index in [1.165, 1.54) is 6.42 Å². The lowest BCUT2D eigenvalue weighted by molar-refractivity contribution is -0.138. The number of likely N-dealkylation sites (tertiary alicyclic amines) is 1. The molecule has 2 saturated heterocycles. The average molecular weight is 408 g/mol. The lowest BCUT2D eigenvalue weighted by atomic mass is 9.97. The third-order valence-corrected chi connectivity index (χ3v) is 8.17. The predicted molar refractivity (Wildman–Crippen MR) is 111 cm³/mol. The Kier molecular flexibility index (Phi) is 6.47. The highest BCUT2D eigenvalue weighted by molar-refractivity contribution is 7.89. The van der Waals surface area contributed by atoms with Gasteiger partial charge in [0.2, 0.25) is 15.9 Å². The molecule has 0 spiro atoms. The molecule has 2 atom stereocenters. The van der Waals surface area contributed by atoms with E-state index in [0.29, 0.717) is 49.7 Å². The van der Waals surface area contributed by atoms with Crippen molar-refractivity contribution in [3.8, 4) is 0 Å². The van der Waals surface area contributed by atoms with Gasteiger partial charge in [-0.25, -0.2) is 8.42 Å². The molecule has 2 aliphatic rings. The fraction of sp³-hybridized carbons (Fsp3) is 0.667. The average Bonchev–Trinajstić information content (AvgIpc) is 2.64. The maximum atomic E-state index is 13.1. The van der Waals surface area contributed by atoms with Gasteiger partial charge in [0.15, 0.2) is 0 Å². The van der Waals surface area contributed by atoms with Crippen LogP contribution >= 0.6 is 0 Å². The molecule has 2 unspecified atom stereocenters. The molecule has 0 bridgehead atoms. The number of aryl methyl sites for hydroxylation is 2. The molecule has 1 aromatic carbocycles. The maximum Gasteiger partial charge on any atom is 0.243 e. The van der Waals surface area contributed by atoms with E-state index in [1.807, 2.05) is 30.9 Å². The van der Waals surface area contributed by atoms with Crippen molar-refractivity contribution >= 4 is 15.9 Å². The summed E-state index contributed by atoms with van der Waals surface area (Å²) in [6.07, 6.45) is 3.32. The highest BCUT2D eigenvalue weighted by Crippen LogP contribution is 2.24. The number of rotatable bonds is 4. The zero-order valence-corrected chi connectivity index (χ0v) is 18.3. The first-order valence-electron chi connectivity index (χ1n) is 10.3. The summed E-state index contributed by atoms with van der Waals surface area (Å²) in [6.45, 7) is 10.4. The van der Waals surface area contributed by atoms with E-state index in [0.717, 1.165) is 24.0 Å². The van der Waals surface area contributed by atoms with Gasteiger partial charge in [0, 0.05) is 38.3 Å². The number of carbonyl (C=O) groups excluding carboxylic acids is 1. The fourth-order valence-electron chi connectivity index (χ4n) is 4.44. The van der Waals surface area contributed by atoms with Gasteiger partial charge in [0.1, 0.15) is 0 Å². The van der Waals surface area contributed by atoms with Crippen molar-refractivity contribution in [2.24, 2.45) is 0 Å². The Morgan fingerprint density at radius 3 is 2.25 bits per heavy atom. The summed E-state index contributed by atoms with van der Waals surface area (Å²) in [5, 5.41) is 0. The second kappa shape index (κ2) is 8.51. The predicted octanol–water partition coefficient (Wildman–Crippen LogP) is 2.40. The molecule has 7 heteroatoms. The molecule has 2 fully saturated rings. The van der Waals surface area contributed by atoms with Crippen LogP contribution in [0.15, 0.2) is 23.1 Å². The van der Waals surface area contributed by atoms with Crippen molar-refractivity contribution in [3.05, 3.63) is 29.3 Å². The Labute approximate surface area is 169 Å². The molecule has 156 valence electrons. The Morgan fingerprint density at radius 2 is 1.64 bits per heavy atom. The first-order chi connectivity index (χ1) is 13.2. The molecule has 0 radical (unpaired) electrons. The molecular formula is C21H33N3O3S. The van der Waals surface area contributed by atoms with Gasteiger partial charge in [-0.15, -0.1) is 0 Å². The number of nitrogens with zero attached hydrogens (tertiary/aromatic N) is 3. The van der Waals surface area contributed by atoms with Crippen LogP contribution in [-0.2, 0) is 14.8 Å². The summed E-state index contributed by atoms with van der Waals surface area (Å²) < 4.78 is 27.7. The number of benzene rings is 1. The number of sulfonamides is 1. The largest absolute Gasteiger partial charge is 0.336 e. The molecule has 2 heterocycles. The van der Waals surface area contributed by atoms with Gasteiger partial charge in [0.25, 0.3) is 0 Å². The van der Waals surface area contributed by atoms with Crippen LogP contribution in [0, 0.1) is 13.8 Å². The summed E-state index contributed by atoms with van der Waals surface area (Å²) in [5.74, 6) is 0.172. The lowest BCUT2D eigenvalue weighted by Gasteiger charge is -2.41. The Hall–Kier alpha value is -1.44. The molecule has 1 aromatic rings. The van der Waals surface area contributed by atoms with Crippen LogP contribution in [0.1, 0.15) is 44.2 Å². The van der Waals surface area contributed by atoms with Gasteiger partial charge in [0.05, 0.1) is 11.4 Å². The van der Waals surface area contributed by atoms with E-state index < -0.39 is 10.0 Å². The molecule has 0 saturated carbocycles. The van der Waals surface area contributed by atoms with E-state index >= 15 is 0 Å². The van der Waals surface area contributed by atoms with Crippen LogP contribution in [0.2, 0.25) is 0 Å². The maximum absolute atomic E-state index is 13.1. The molecule has 1 amide bonds. The van der Waals surface area contributed by atoms with Gasteiger partial charge in [-0.05, 0) is 64.2 Å². The number of hydrogen-bond donors (Lipinski definition) is 0. The SMILES string of the molecule is Cc1ccc(C)c(S(=O)(=O)N2CCN(CC(=O)N3C(C)CCCC3C)CC2)c1. The van der Waals surface area contributed by atoms with Crippen LogP contribution in [0.3, 0.4) is 0 Å². The molecule has 0 aliphatic carbocycles. The van der Waals surface area contributed by atoms with Crippen LogP contribution in [0.4, 0.5) is 0 Å². The molecule has 6 nitrogen and oxygen atoms in total. The van der Waals surface area contributed by atoms with E-state index in [1.54, 1.807) is 10.4 Å². The Morgan fingerprint density at radius 1 is 1.04 bits per heavy atom. The standard InChI is InChI=1S/C21H33N3O3S/c1-16-8-9-17(2)20(14-16)28(26,27)23-12-10-22(11-13-23)15-21(25)24-18(3)6-5-7-19(24)4/h8-9,14,18-19H,5-7,10-13,15H2,1-4H3. The van der Waals surface area contributed by atoms with Gasteiger partial charge in [-0.2, -0.15) is 4.31 Å². The zero-order chi connectivity index (χ0) is 20.5. The second-order valence-corrected chi connectivity index (χ2v) is 10.3. The van der Waals surface area contributed by atoms with Gasteiger partial charge in [-0.3, -0.25) is 9.69 Å². The van der Waals surface area contributed by atoms with Crippen molar-refractivity contribution in [2.45, 2.75) is 63.9 Å². The molecular weight excluding hydrogens is 374 g/mol. The molecule has 2 aliphatic heterocycles. The summed E-state index contributed by atoms with van der Waals surface area (Å²) in [4.78, 5) is 17.3. The van der Waals surface area contributed by atoms with Crippen LogP contribution in [0.5, 0.6) is 0 Å². The topological polar surface area (TPSA) is 60.9 Å². The molecule has 3 rings (SSSR count). The normalized spacial score (nSPS) is 25.1. The number of piperidine rings is 1. The number of hydrogen-bond acceptors (Lipinski definition) is 4. The van der Waals surface area contributed by atoms with Crippen molar-refractivity contribution in [2.75, 3.05) is 32.7 Å². The minimum atomic E-state index is -3.49. The Balaban J connectivity index is 1.61. The molecule has 0 aromatic heterocycles. The summed E-state index contributed by atoms with van der Waals surface area (Å²) in [7, 11) is -3.49. The number of piperazine rings is 1. The van der Waals surface area contributed by atoms with E-state index in [4.69, 9.17) is 0 Å². The van der Waals surface area contributed by atoms with Crippen LogP contribution in [0.25, 0.3) is 0 Å². The summed E-state index contributed by atoms with van der Waals surface area (Å²) >= 11 is 0. The third kappa shape index (κ3) is 4.42. The summed E-state index contributed by atoms with van der Waals surface area (Å²) in [6, 6.07) is 6.13. The van der Waals surface area contributed by atoms with E-state index in [9.17, 15) is 13.2 Å². The first-order valence-corrected chi connectivity index (χ1v) is 11.7. The Bertz CT molecular complexity index is 806. The summed E-state index contributed by atoms with van der Waals surface area (Å²) in [5.41, 5.74) is 1.72. The zero-order valence-electron chi connectivity index (χ0n) is 17.5. The number of carbonyl (C=O) groups is 1. The minimum absolute atomic E-state index is 0.172. The monoisotopic (exact) mass is 407 g/mol. The minimum Gasteiger partial charge on any atom is -0.336 e. The van der Waals surface area contributed by atoms with Gasteiger partial charge < -0.3 is 4.90 Å². The smallest absolute Gasteiger partial charge is 0.243 e. The second-order valence-electron chi connectivity index (χ2n) is 8.38. The highest BCUT2D eigenvalue weighted by Gasteiger charge is 2.33. The van der Waals surface area contributed by atoms with Crippen molar-refractivity contribution in [1.29, 1.82) is 0 Å².